The van der Waals surface area contributed by atoms with Crippen molar-refractivity contribution in [3.05, 3.63) is 81.0 Å². The molecular formula is C25H27N5OS. The molecule has 1 aliphatic heterocycles. The molecule has 164 valence electrons. The molecule has 1 saturated heterocycles. The Hall–Kier alpha value is -2.87. The molecule has 0 bridgehead atoms. The van der Waals surface area contributed by atoms with Crippen LogP contribution in [-0.4, -0.2) is 50.9 Å². The lowest BCUT2D eigenvalue weighted by Gasteiger charge is -2.34. The number of fused-ring (bicyclic) bond motifs is 1. The Labute approximate surface area is 191 Å². The monoisotopic (exact) mass is 445 g/mol. The zero-order valence-electron chi connectivity index (χ0n) is 18.5. The third kappa shape index (κ3) is 4.37. The van der Waals surface area contributed by atoms with Crippen LogP contribution in [0.25, 0.3) is 21.3 Å². The Morgan fingerprint density at radius 3 is 2.28 bits per heavy atom. The molecule has 0 amide bonds. The van der Waals surface area contributed by atoms with Crippen molar-refractivity contribution in [3.8, 4) is 11.1 Å². The van der Waals surface area contributed by atoms with Crippen LogP contribution in [0.2, 0.25) is 0 Å². The summed E-state index contributed by atoms with van der Waals surface area (Å²) in [5.41, 5.74) is 4.55. The van der Waals surface area contributed by atoms with E-state index in [9.17, 15) is 4.79 Å². The van der Waals surface area contributed by atoms with Gasteiger partial charge in [0.2, 0.25) is 0 Å². The second-order valence-corrected chi connectivity index (χ2v) is 9.70. The molecule has 0 atom stereocenters. The van der Waals surface area contributed by atoms with Gasteiger partial charge in [-0.15, -0.1) is 11.3 Å². The number of aromatic nitrogens is 3. The van der Waals surface area contributed by atoms with Crippen LogP contribution in [-0.2, 0) is 13.1 Å². The van der Waals surface area contributed by atoms with Crippen molar-refractivity contribution < 1.29 is 0 Å². The van der Waals surface area contributed by atoms with Gasteiger partial charge >= 0.3 is 0 Å². The average molecular weight is 446 g/mol. The first-order valence-electron chi connectivity index (χ1n) is 11.0. The molecule has 6 nitrogen and oxygen atoms in total. The molecule has 4 heterocycles. The van der Waals surface area contributed by atoms with Gasteiger partial charge in [0.15, 0.2) is 0 Å². The number of thiophene rings is 1. The molecule has 0 unspecified atom stereocenters. The molecule has 1 aliphatic rings. The predicted molar refractivity (Wildman–Crippen MR) is 130 cm³/mol. The Morgan fingerprint density at radius 2 is 1.59 bits per heavy atom. The number of nitrogens with zero attached hydrogens (tertiary/aromatic N) is 4. The smallest absolute Gasteiger partial charge is 0.260 e. The van der Waals surface area contributed by atoms with E-state index in [4.69, 9.17) is 4.98 Å². The van der Waals surface area contributed by atoms with Crippen LogP contribution in [0, 0.1) is 13.8 Å². The van der Waals surface area contributed by atoms with Crippen LogP contribution in [0.15, 0.2) is 53.6 Å². The maximum atomic E-state index is 13.1. The second-order valence-electron chi connectivity index (χ2n) is 8.50. The maximum Gasteiger partial charge on any atom is 0.260 e. The van der Waals surface area contributed by atoms with E-state index in [1.807, 2.05) is 12.4 Å². The Kier molecular flexibility index (Phi) is 5.87. The highest BCUT2D eigenvalue weighted by Crippen LogP contribution is 2.35. The summed E-state index contributed by atoms with van der Waals surface area (Å²) in [6.07, 6.45) is 3.69. The molecule has 0 radical (unpaired) electrons. The van der Waals surface area contributed by atoms with Gasteiger partial charge < -0.3 is 4.98 Å². The normalized spacial score (nSPS) is 15.4. The summed E-state index contributed by atoms with van der Waals surface area (Å²) >= 11 is 1.61. The van der Waals surface area contributed by atoms with E-state index in [-0.39, 0.29) is 5.56 Å². The van der Waals surface area contributed by atoms with Gasteiger partial charge in [0.25, 0.3) is 5.56 Å². The van der Waals surface area contributed by atoms with Crippen molar-refractivity contribution in [2.45, 2.75) is 26.9 Å². The highest BCUT2D eigenvalue weighted by Gasteiger charge is 2.20. The number of nitrogens with one attached hydrogen (secondary N) is 1. The zero-order chi connectivity index (χ0) is 22.1. The van der Waals surface area contributed by atoms with Crippen molar-refractivity contribution in [3.63, 3.8) is 0 Å². The minimum atomic E-state index is -0.0405. The highest BCUT2D eigenvalue weighted by molar-refractivity contribution is 7.19. The SMILES string of the molecule is Cc1ccc(-c2c(C)sc3nc(CN4CCN(Cc5ccncc5)CC4)[nH]c(=O)c23)cc1. The molecule has 1 N–H and O–H groups in total. The molecule has 4 aromatic rings. The summed E-state index contributed by atoms with van der Waals surface area (Å²) in [4.78, 5) is 31.8. The highest BCUT2D eigenvalue weighted by atomic mass is 32.1. The van der Waals surface area contributed by atoms with Gasteiger partial charge in [-0.2, -0.15) is 0 Å². The van der Waals surface area contributed by atoms with Crippen molar-refractivity contribution in [1.29, 1.82) is 0 Å². The summed E-state index contributed by atoms with van der Waals surface area (Å²) in [6.45, 7) is 9.70. The standard InChI is InChI=1S/C25H27N5OS/c1-17-3-5-20(6-4-17)22-18(2)32-25-23(22)24(31)27-21(28-25)16-30-13-11-29(12-14-30)15-19-7-9-26-10-8-19/h3-10H,11-16H2,1-2H3,(H,27,28,31). The van der Waals surface area contributed by atoms with Crippen molar-refractivity contribution in [2.24, 2.45) is 0 Å². The lowest BCUT2D eigenvalue weighted by atomic mass is 10.0. The van der Waals surface area contributed by atoms with E-state index in [1.54, 1.807) is 11.3 Å². The number of H-pyrrole nitrogens is 1. The van der Waals surface area contributed by atoms with Gasteiger partial charge in [-0.05, 0) is 37.1 Å². The van der Waals surface area contributed by atoms with Crippen LogP contribution in [0.3, 0.4) is 0 Å². The molecule has 0 aliphatic carbocycles. The summed E-state index contributed by atoms with van der Waals surface area (Å²) in [5.74, 6) is 0.752. The molecule has 1 aromatic carbocycles. The Morgan fingerprint density at radius 1 is 0.938 bits per heavy atom. The average Bonchev–Trinajstić information content (AvgIpc) is 3.13. The number of hydrogen-bond donors (Lipinski definition) is 1. The van der Waals surface area contributed by atoms with E-state index in [0.717, 1.165) is 59.4 Å². The number of benzene rings is 1. The van der Waals surface area contributed by atoms with Crippen LogP contribution in [0.5, 0.6) is 0 Å². The molecule has 3 aromatic heterocycles. The number of pyridine rings is 1. The van der Waals surface area contributed by atoms with Crippen LogP contribution >= 0.6 is 11.3 Å². The fourth-order valence-electron chi connectivity index (χ4n) is 4.37. The number of piperazine rings is 1. The number of aromatic amines is 1. The molecule has 5 rings (SSSR count). The Balaban J connectivity index is 1.31. The fourth-order valence-corrected chi connectivity index (χ4v) is 5.43. The molecule has 32 heavy (non-hydrogen) atoms. The first-order valence-corrected chi connectivity index (χ1v) is 11.8. The van der Waals surface area contributed by atoms with Gasteiger partial charge in [0.05, 0.1) is 11.9 Å². The molecule has 0 spiro atoms. The molecule has 7 heteroatoms. The fraction of sp³-hybridized carbons (Fsp3) is 0.320. The van der Waals surface area contributed by atoms with Gasteiger partial charge in [0.1, 0.15) is 10.7 Å². The summed E-state index contributed by atoms with van der Waals surface area (Å²) in [5, 5.41) is 0.710. The number of rotatable bonds is 5. The quantitative estimate of drug-likeness (QED) is 0.503. The second kappa shape index (κ2) is 8.94. The Bertz CT molecular complexity index is 1270. The van der Waals surface area contributed by atoms with Gasteiger partial charge in [0, 0.05) is 55.6 Å². The topological polar surface area (TPSA) is 65.1 Å². The third-order valence-corrected chi connectivity index (χ3v) is 7.12. The minimum Gasteiger partial charge on any atom is -0.309 e. The number of aryl methyl sites for hydroxylation is 2. The van der Waals surface area contributed by atoms with Gasteiger partial charge in [-0.25, -0.2) is 4.98 Å². The van der Waals surface area contributed by atoms with Crippen LogP contribution < -0.4 is 5.56 Å². The third-order valence-electron chi connectivity index (χ3n) is 6.12. The lowest BCUT2D eigenvalue weighted by Crippen LogP contribution is -2.45. The lowest BCUT2D eigenvalue weighted by molar-refractivity contribution is 0.120. The zero-order valence-corrected chi connectivity index (χ0v) is 19.3. The minimum absolute atomic E-state index is 0.0405. The first kappa shape index (κ1) is 21.0. The largest absolute Gasteiger partial charge is 0.309 e. The van der Waals surface area contributed by atoms with Crippen molar-refractivity contribution in [1.82, 2.24) is 24.8 Å². The number of hydrogen-bond acceptors (Lipinski definition) is 6. The van der Waals surface area contributed by atoms with Crippen LogP contribution in [0.1, 0.15) is 21.8 Å². The van der Waals surface area contributed by atoms with E-state index in [1.165, 1.54) is 11.1 Å². The van der Waals surface area contributed by atoms with Crippen LogP contribution in [0.4, 0.5) is 0 Å². The predicted octanol–water partition coefficient (Wildman–Crippen LogP) is 3.98. The van der Waals surface area contributed by atoms with E-state index in [2.05, 4.69) is 70.0 Å². The molecular weight excluding hydrogens is 418 g/mol. The summed E-state index contributed by atoms with van der Waals surface area (Å²) < 4.78 is 0. The first-order chi connectivity index (χ1) is 15.6. The van der Waals surface area contributed by atoms with Gasteiger partial charge in [-0.3, -0.25) is 19.6 Å². The van der Waals surface area contributed by atoms with E-state index >= 15 is 0 Å². The molecule has 0 saturated carbocycles. The maximum absolute atomic E-state index is 13.1. The summed E-state index contributed by atoms with van der Waals surface area (Å²) in [6, 6.07) is 12.5. The van der Waals surface area contributed by atoms with Gasteiger partial charge in [-0.1, -0.05) is 29.8 Å². The van der Waals surface area contributed by atoms with E-state index in [0.29, 0.717) is 11.9 Å². The van der Waals surface area contributed by atoms with Crippen molar-refractivity contribution in [2.75, 3.05) is 26.2 Å². The van der Waals surface area contributed by atoms with E-state index < -0.39 is 0 Å². The summed E-state index contributed by atoms with van der Waals surface area (Å²) in [7, 11) is 0. The van der Waals surface area contributed by atoms with Crippen molar-refractivity contribution >= 4 is 21.6 Å². The molecule has 1 fully saturated rings.